The molecule has 0 fully saturated rings. The van der Waals surface area contributed by atoms with E-state index in [-0.39, 0.29) is 11.2 Å². The van der Waals surface area contributed by atoms with E-state index in [1.54, 1.807) is 23.9 Å². The minimum absolute atomic E-state index is 0.156. The zero-order valence-corrected chi connectivity index (χ0v) is 11.9. The largest absolute Gasteiger partial charge is 0.333 e. The van der Waals surface area contributed by atoms with Crippen LogP contribution in [0.1, 0.15) is 27.2 Å². The van der Waals surface area contributed by atoms with Crippen LogP contribution < -0.4 is 5.32 Å². The third kappa shape index (κ3) is 3.25. The Bertz CT molecular complexity index is 451. The van der Waals surface area contributed by atoms with Gasteiger partial charge in [0.1, 0.15) is 5.82 Å². The van der Waals surface area contributed by atoms with Crippen LogP contribution in [0.25, 0.3) is 0 Å². The smallest absolute Gasteiger partial charge is 0.161 e. The van der Waals surface area contributed by atoms with Crippen LogP contribution in [0.4, 0.5) is 10.1 Å². The van der Waals surface area contributed by atoms with Crippen molar-refractivity contribution in [3.05, 3.63) is 30.1 Å². The number of hydrogen-bond acceptors (Lipinski definition) is 3. The van der Waals surface area contributed by atoms with Gasteiger partial charge in [-0.3, -0.25) is 4.99 Å². The van der Waals surface area contributed by atoms with E-state index in [9.17, 15) is 4.39 Å². The summed E-state index contributed by atoms with van der Waals surface area (Å²) in [5.74, 6) is 0.793. The van der Waals surface area contributed by atoms with Crippen LogP contribution in [0.15, 0.2) is 29.3 Å². The quantitative estimate of drug-likeness (QED) is 0.826. The normalized spacial score (nSPS) is 20.4. The minimum atomic E-state index is -0.237. The Kier molecular flexibility index (Phi) is 3.95. The molecule has 0 amide bonds. The molecule has 0 aromatic heterocycles. The van der Waals surface area contributed by atoms with E-state index in [1.165, 1.54) is 6.07 Å². The fraction of sp³-hybridized carbons (Fsp3) is 0.500. The molecule has 0 saturated heterocycles. The van der Waals surface area contributed by atoms with Crippen molar-refractivity contribution < 1.29 is 4.39 Å². The molecular weight excluding hydrogens is 247 g/mol. The number of benzene rings is 1. The standard InChI is InChI=1S/C14H19FN2S/c1-14(2,3)12-8-9-18-13(17-12)16-11-7-5-4-6-10(11)15/h4-7,12H,8-9H2,1-3H3,(H,16,17). The fourth-order valence-electron chi connectivity index (χ4n) is 1.88. The van der Waals surface area contributed by atoms with Gasteiger partial charge in [0.25, 0.3) is 0 Å². The Hall–Kier alpha value is -1.03. The van der Waals surface area contributed by atoms with Gasteiger partial charge in [-0.1, -0.05) is 44.7 Å². The molecule has 2 nitrogen and oxygen atoms in total. The molecule has 1 N–H and O–H groups in total. The predicted molar refractivity (Wildman–Crippen MR) is 77.8 cm³/mol. The van der Waals surface area contributed by atoms with Crippen LogP contribution in [-0.4, -0.2) is 17.0 Å². The van der Waals surface area contributed by atoms with Crippen LogP contribution in [0, 0.1) is 11.2 Å². The number of aliphatic imine (C=N–C) groups is 1. The Morgan fingerprint density at radius 1 is 1.33 bits per heavy atom. The molecule has 18 heavy (non-hydrogen) atoms. The van der Waals surface area contributed by atoms with E-state index in [2.05, 4.69) is 26.1 Å². The van der Waals surface area contributed by atoms with E-state index in [0.717, 1.165) is 17.3 Å². The maximum Gasteiger partial charge on any atom is 0.161 e. The number of halogens is 1. The first-order valence-corrected chi connectivity index (χ1v) is 7.17. The zero-order valence-electron chi connectivity index (χ0n) is 11.0. The molecule has 1 aliphatic heterocycles. The molecule has 2 rings (SSSR count). The molecule has 98 valence electrons. The lowest BCUT2D eigenvalue weighted by molar-refractivity contribution is 0.316. The lowest BCUT2D eigenvalue weighted by atomic mass is 9.85. The molecule has 0 spiro atoms. The van der Waals surface area contributed by atoms with Crippen molar-refractivity contribution in [1.82, 2.24) is 0 Å². The number of hydrogen-bond donors (Lipinski definition) is 1. The van der Waals surface area contributed by atoms with Gasteiger partial charge in [-0.25, -0.2) is 4.39 Å². The molecule has 1 aliphatic rings. The first kappa shape index (κ1) is 13.4. The molecule has 0 radical (unpaired) electrons. The Morgan fingerprint density at radius 3 is 2.72 bits per heavy atom. The second kappa shape index (κ2) is 5.31. The summed E-state index contributed by atoms with van der Waals surface area (Å²) in [5, 5.41) is 3.91. The van der Waals surface area contributed by atoms with Gasteiger partial charge in [-0.05, 0) is 24.0 Å². The minimum Gasteiger partial charge on any atom is -0.333 e. The third-order valence-electron chi connectivity index (χ3n) is 3.02. The molecule has 1 heterocycles. The van der Waals surface area contributed by atoms with Gasteiger partial charge < -0.3 is 5.32 Å². The number of amidine groups is 1. The number of thioether (sulfide) groups is 1. The number of rotatable bonds is 1. The average molecular weight is 266 g/mol. The second-order valence-electron chi connectivity index (χ2n) is 5.56. The number of para-hydroxylation sites is 1. The van der Waals surface area contributed by atoms with E-state index in [1.807, 2.05) is 6.07 Å². The molecule has 1 unspecified atom stereocenters. The zero-order chi connectivity index (χ0) is 13.2. The van der Waals surface area contributed by atoms with Gasteiger partial charge in [0.15, 0.2) is 5.17 Å². The highest BCUT2D eigenvalue weighted by Gasteiger charge is 2.27. The summed E-state index contributed by atoms with van der Waals surface area (Å²) >= 11 is 1.66. The first-order chi connectivity index (χ1) is 8.47. The third-order valence-corrected chi connectivity index (χ3v) is 3.94. The van der Waals surface area contributed by atoms with Crippen LogP contribution in [-0.2, 0) is 0 Å². The monoisotopic (exact) mass is 266 g/mol. The summed E-state index contributed by atoms with van der Waals surface area (Å²) in [5.41, 5.74) is 0.654. The van der Waals surface area contributed by atoms with Crippen LogP contribution in [0.5, 0.6) is 0 Å². The average Bonchev–Trinajstić information content (AvgIpc) is 2.31. The lowest BCUT2D eigenvalue weighted by Crippen LogP contribution is -2.30. The van der Waals surface area contributed by atoms with Gasteiger partial charge in [0.2, 0.25) is 0 Å². The SMILES string of the molecule is CC(C)(C)C1CCSC(Nc2ccccc2F)=N1. The summed E-state index contributed by atoms with van der Waals surface area (Å²) in [6, 6.07) is 7.00. The maximum absolute atomic E-state index is 13.5. The second-order valence-corrected chi connectivity index (χ2v) is 6.64. The topological polar surface area (TPSA) is 24.4 Å². The summed E-state index contributed by atoms with van der Waals surface area (Å²) < 4.78 is 13.5. The first-order valence-electron chi connectivity index (χ1n) is 6.19. The van der Waals surface area contributed by atoms with Crippen LogP contribution in [0.2, 0.25) is 0 Å². The van der Waals surface area contributed by atoms with Crippen molar-refractivity contribution in [1.29, 1.82) is 0 Å². The molecule has 1 atom stereocenters. The van der Waals surface area contributed by atoms with Crippen molar-refractivity contribution in [3.63, 3.8) is 0 Å². The van der Waals surface area contributed by atoms with Gasteiger partial charge in [-0.2, -0.15) is 0 Å². The van der Waals surface area contributed by atoms with Crippen molar-refractivity contribution in [2.45, 2.75) is 33.2 Å². The molecule has 0 saturated carbocycles. The van der Waals surface area contributed by atoms with E-state index >= 15 is 0 Å². The van der Waals surface area contributed by atoms with Crippen molar-refractivity contribution in [2.75, 3.05) is 11.1 Å². The van der Waals surface area contributed by atoms with Gasteiger partial charge in [-0.15, -0.1) is 0 Å². The van der Waals surface area contributed by atoms with E-state index < -0.39 is 0 Å². The predicted octanol–water partition coefficient (Wildman–Crippen LogP) is 4.15. The molecule has 1 aromatic carbocycles. The highest BCUT2D eigenvalue weighted by atomic mass is 32.2. The molecular formula is C14H19FN2S. The van der Waals surface area contributed by atoms with Crippen molar-refractivity contribution in [3.8, 4) is 0 Å². The fourth-order valence-corrected chi connectivity index (χ4v) is 2.80. The maximum atomic E-state index is 13.5. The highest BCUT2D eigenvalue weighted by molar-refractivity contribution is 8.14. The van der Waals surface area contributed by atoms with Crippen LogP contribution >= 0.6 is 11.8 Å². The Labute approximate surface area is 112 Å². The van der Waals surface area contributed by atoms with Gasteiger partial charge >= 0.3 is 0 Å². The molecule has 4 heteroatoms. The number of nitrogens with one attached hydrogen (secondary N) is 1. The summed E-state index contributed by atoms with van der Waals surface area (Å²) in [4.78, 5) is 4.69. The van der Waals surface area contributed by atoms with Crippen molar-refractivity contribution in [2.24, 2.45) is 10.4 Å². The molecule has 1 aromatic rings. The van der Waals surface area contributed by atoms with Crippen molar-refractivity contribution >= 4 is 22.6 Å². The van der Waals surface area contributed by atoms with E-state index in [0.29, 0.717) is 11.7 Å². The number of anilines is 1. The summed E-state index contributed by atoms with van der Waals surface area (Å²) in [7, 11) is 0. The summed E-state index contributed by atoms with van der Waals surface area (Å²) in [6.45, 7) is 6.58. The lowest BCUT2D eigenvalue weighted by Gasteiger charge is -2.31. The molecule has 0 aliphatic carbocycles. The Balaban J connectivity index is 2.14. The highest BCUT2D eigenvalue weighted by Crippen LogP contribution is 2.31. The van der Waals surface area contributed by atoms with E-state index in [4.69, 9.17) is 4.99 Å². The number of nitrogens with zero attached hydrogens (tertiary/aromatic N) is 1. The summed E-state index contributed by atoms with van der Waals surface area (Å²) in [6.07, 6.45) is 1.08. The molecule has 0 bridgehead atoms. The van der Waals surface area contributed by atoms with Gasteiger partial charge in [0, 0.05) is 5.75 Å². The van der Waals surface area contributed by atoms with Crippen LogP contribution in [0.3, 0.4) is 0 Å². The van der Waals surface area contributed by atoms with Gasteiger partial charge in [0.05, 0.1) is 11.7 Å². The Morgan fingerprint density at radius 2 is 2.06 bits per heavy atom.